The van der Waals surface area contributed by atoms with E-state index in [-0.39, 0.29) is 0 Å². The molecule has 0 aliphatic carbocycles. The van der Waals surface area contributed by atoms with Gasteiger partial charge in [0.05, 0.1) is 20.6 Å². The molecule has 0 radical (unpaired) electrons. The first-order chi connectivity index (χ1) is 6.40. The summed E-state index contributed by atoms with van der Waals surface area (Å²) in [5, 5.41) is 8.89. The van der Waals surface area contributed by atoms with Crippen molar-refractivity contribution >= 4 is 5.97 Å². The lowest BCUT2D eigenvalue weighted by Crippen LogP contribution is -2.50. The van der Waals surface area contributed by atoms with Gasteiger partial charge in [-0.05, 0) is 25.8 Å². The summed E-state index contributed by atoms with van der Waals surface area (Å²) in [4.78, 5) is 8.89. The lowest BCUT2D eigenvalue weighted by molar-refractivity contribution is -0.913. The number of carbonyl (C=O) groups excluding carboxylic acids is 1. The Morgan fingerprint density at radius 3 is 2.29 bits per heavy atom. The van der Waals surface area contributed by atoms with Gasteiger partial charge in [-0.15, -0.1) is 0 Å². The lowest BCUT2D eigenvalue weighted by Gasteiger charge is -2.40. The molecule has 1 saturated heterocycles. The highest BCUT2D eigenvalue weighted by molar-refractivity contribution is 5.60. The van der Waals surface area contributed by atoms with E-state index in [1.165, 1.54) is 25.8 Å². The molecule has 0 aromatic heterocycles. The van der Waals surface area contributed by atoms with Crippen LogP contribution in [0.3, 0.4) is 0 Å². The molecule has 0 bridgehead atoms. The van der Waals surface area contributed by atoms with E-state index in [0.717, 1.165) is 11.4 Å². The third-order valence-electron chi connectivity index (χ3n) is 2.65. The summed E-state index contributed by atoms with van der Waals surface area (Å²) >= 11 is 0. The van der Waals surface area contributed by atoms with Crippen LogP contribution in [0.1, 0.15) is 26.2 Å². The molecule has 0 saturated carbocycles. The molecule has 1 heterocycles. The van der Waals surface area contributed by atoms with Gasteiger partial charge in [-0.2, -0.15) is 0 Å². The summed E-state index contributed by atoms with van der Waals surface area (Å²) in [6, 6.07) is 0.703. The topological polar surface area (TPSA) is 40.1 Å². The van der Waals surface area contributed by atoms with Gasteiger partial charge in [0.25, 0.3) is 0 Å². The SMILES string of the molecule is C=CC1CCCC[N+]1(C)C.CC(=O)[O-]. The minimum absolute atomic E-state index is 0.703. The number of aliphatic carboxylic acids is 1. The number of likely N-dealkylation sites (N-methyl/N-ethyl adjacent to an activating group) is 1. The predicted molar refractivity (Wildman–Crippen MR) is 55.5 cm³/mol. The van der Waals surface area contributed by atoms with Gasteiger partial charge >= 0.3 is 0 Å². The first-order valence-corrected chi connectivity index (χ1v) is 5.03. The molecule has 0 aromatic carbocycles. The van der Waals surface area contributed by atoms with E-state index in [2.05, 4.69) is 26.8 Å². The van der Waals surface area contributed by atoms with E-state index in [1.54, 1.807) is 0 Å². The average molecular weight is 199 g/mol. The fourth-order valence-electron chi connectivity index (χ4n) is 1.79. The van der Waals surface area contributed by atoms with Crippen LogP contribution in [0.2, 0.25) is 0 Å². The quantitative estimate of drug-likeness (QED) is 0.457. The Bertz CT molecular complexity index is 195. The summed E-state index contributed by atoms with van der Waals surface area (Å²) in [5.41, 5.74) is 0. The predicted octanol–water partition coefficient (Wildman–Crippen LogP) is 0.557. The minimum atomic E-state index is -1.08. The molecule has 3 heteroatoms. The Hall–Kier alpha value is -0.830. The van der Waals surface area contributed by atoms with E-state index < -0.39 is 5.97 Å². The van der Waals surface area contributed by atoms with Gasteiger partial charge in [0, 0.05) is 12.4 Å². The highest BCUT2D eigenvalue weighted by Gasteiger charge is 2.28. The number of piperidine rings is 1. The molecule has 1 fully saturated rings. The molecule has 3 nitrogen and oxygen atoms in total. The second-order valence-electron chi connectivity index (χ2n) is 4.29. The van der Waals surface area contributed by atoms with Crippen molar-refractivity contribution in [3.63, 3.8) is 0 Å². The Morgan fingerprint density at radius 2 is 2.00 bits per heavy atom. The van der Waals surface area contributed by atoms with Crippen molar-refractivity contribution in [3.05, 3.63) is 12.7 Å². The van der Waals surface area contributed by atoms with Gasteiger partial charge in [-0.1, -0.05) is 6.58 Å². The zero-order valence-electron chi connectivity index (χ0n) is 9.45. The average Bonchev–Trinajstić information content (AvgIpc) is 2.02. The largest absolute Gasteiger partial charge is 0.550 e. The third-order valence-corrected chi connectivity index (χ3v) is 2.65. The van der Waals surface area contributed by atoms with Crippen molar-refractivity contribution in [2.75, 3.05) is 20.6 Å². The summed E-state index contributed by atoms with van der Waals surface area (Å²) in [5.74, 6) is -1.08. The zero-order chi connectivity index (χ0) is 11.2. The molecule has 1 atom stereocenters. The van der Waals surface area contributed by atoms with Crippen LogP contribution in [-0.2, 0) is 4.79 Å². The van der Waals surface area contributed by atoms with Crippen LogP contribution in [0.4, 0.5) is 0 Å². The van der Waals surface area contributed by atoms with Gasteiger partial charge in [0.2, 0.25) is 0 Å². The third kappa shape index (κ3) is 5.02. The van der Waals surface area contributed by atoms with E-state index in [4.69, 9.17) is 9.90 Å². The van der Waals surface area contributed by atoms with Crippen LogP contribution in [-0.4, -0.2) is 37.1 Å². The Morgan fingerprint density at radius 1 is 1.50 bits per heavy atom. The first-order valence-electron chi connectivity index (χ1n) is 5.03. The van der Waals surface area contributed by atoms with E-state index in [1.807, 2.05) is 0 Å². The van der Waals surface area contributed by atoms with Crippen molar-refractivity contribution < 1.29 is 14.4 Å². The molecule has 0 N–H and O–H groups in total. The summed E-state index contributed by atoms with van der Waals surface area (Å²) in [6.45, 7) is 6.15. The molecule has 0 aromatic rings. The maximum absolute atomic E-state index is 8.89. The van der Waals surface area contributed by atoms with E-state index >= 15 is 0 Å². The lowest BCUT2D eigenvalue weighted by atomic mass is 10.0. The van der Waals surface area contributed by atoms with E-state index in [0.29, 0.717) is 6.04 Å². The number of rotatable bonds is 1. The van der Waals surface area contributed by atoms with Crippen LogP contribution in [0.25, 0.3) is 0 Å². The zero-order valence-corrected chi connectivity index (χ0v) is 9.45. The van der Waals surface area contributed by atoms with Crippen LogP contribution in [0.5, 0.6) is 0 Å². The summed E-state index contributed by atoms with van der Waals surface area (Å²) in [7, 11) is 4.59. The van der Waals surface area contributed by atoms with Gasteiger partial charge < -0.3 is 14.4 Å². The summed E-state index contributed by atoms with van der Waals surface area (Å²) < 4.78 is 1.14. The standard InChI is InChI=1S/C9H18N.C2H4O2/c1-4-9-7-5-6-8-10(9,2)3;1-2(3)4/h4,9H,1,5-8H2,2-3H3;1H3,(H,3,4)/q+1;/p-1. The normalized spacial score (nSPS) is 24.4. The monoisotopic (exact) mass is 199 g/mol. The molecule has 1 rings (SSSR count). The number of hydrogen-bond acceptors (Lipinski definition) is 2. The number of hydrogen-bond donors (Lipinski definition) is 0. The number of carboxylic acids is 1. The molecule has 1 unspecified atom stereocenters. The second-order valence-corrected chi connectivity index (χ2v) is 4.29. The molecule has 0 spiro atoms. The number of likely N-dealkylation sites (tertiary alicyclic amines) is 1. The van der Waals surface area contributed by atoms with Crippen LogP contribution < -0.4 is 5.11 Å². The van der Waals surface area contributed by atoms with Gasteiger partial charge in [0.1, 0.15) is 6.04 Å². The minimum Gasteiger partial charge on any atom is -0.550 e. The molecule has 14 heavy (non-hydrogen) atoms. The fraction of sp³-hybridized carbons (Fsp3) is 0.727. The summed E-state index contributed by atoms with van der Waals surface area (Å²) in [6.07, 6.45) is 6.21. The molecule has 1 aliphatic heterocycles. The second kappa shape index (κ2) is 5.81. The molecule has 82 valence electrons. The number of nitrogens with zero attached hydrogens (tertiary/aromatic N) is 1. The van der Waals surface area contributed by atoms with Crippen molar-refractivity contribution in [1.82, 2.24) is 0 Å². The fourth-order valence-corrected chi connectivity index (χ4v) is 1.79. The molecular weight excluding hydrogens is 178 g/mol. The van der Waals surface area contributed by atoms with Gasteiger partial charge in [0.15, 0.2) is 0 Å². The Labute approximate surface area is 86.6 Å². The van der Waals surface area contributed by atoms with Gasteiger partial charge in [-0.3, -0.25) is 0 Å². The smallest absolute Gasteiger partial charge is 0.107 e. The highest BCUT2D eigenvalue weighted by Crippen LogP contribution is 2.21. The highest BCUT2D eigenvalue weighted by atomic mass is 16.4. The Kier molecular flexibility index (Phi) is 5.46. The van der Waals surface area contributed by atoms with Crippen LogP contribution >= 0.6 is 0 Å². The van der Waals surface area contributed by atoms with Crippen molar-refractivity contribution in [2.24, 2.45) is 0 Å². The first kappa shape index (κ1) is 13.2. The van der Waals surface area contributed by atoms with E-state index in [9.17, 15) is 0 Å². The van der Waals surface area contributed by atoms with Gasteiger partial charge in [-0.25, -0.2) is 0 Å². The van der Waals surface area contributed by atoms with Crippen molar-refractivity contribution in [3.8, 4) is 0 Å². The maximum Gasteiger partial charge on any atom is 0.107 e. The Balaban J connectivity index is 0.000000364. The van der Waals surface area contributed by atoms with Crippen molar-refractivity contribution in [1.29, 1.82) is 0 Å². The van der Waals surface area contributed by atoms with Crippen LogP contribution in [0.15, 0.2) is 12.7 Å². The molecule has 1 aliphatic rings. The molecule has 0 amide bonds. The molecular formula is C11H21NO2. The number of carbonyl (C=O) groups is 1. The number of quaternary nitrogens is 1. The van der Waals surface area contributed by atoms with Crippen LogP contribution in [0, 0.1) is 0 Å². The van der Waals surface area contributed by atoms with Crippen molar-refractivity contribution in [2.45, 2.75) is 32.2 Å². The maximum atomic E-state index is 8.89. The number of carboxylic acid groups (broad SMARTS) is 1.